The number of pyridine rings is 1. The SMILES string of the molecule is CCCNc1ccnc(CN2CCC(OCCO)CC2)c1. The Morgan fingerprint density at radius 3 is 2.95 bits per heavy atom. The first-order valence-electron chi connectivity index (χ1n) is 7.95. The number of aliphatic hydroxyl groups is 1. The molecule has 1 aliphatic rings. The van der Waals surface area contributed by atoms with E-state index in [1.807, 2.05) is 12.3 Å². The van der Waals surface area contributed by atoms with E-state index in [0.29, 0.717) is 12.7 Å². The first-order chi connectivity index (χ1) is 10.3. The standard InChI is InChI=1S/C16H27N3O2/c1-2-6-17-14-3-7-18-15(12-14)13-19-8-4-16(5-9-19)21-11-10-20/h3,7,12,16,20H,2,4-6,8-11,13H2,1H3,(H,17,18). The molecule has 2 heterocycles. The van der Waals surface area contributed by atoms with E-state index in [4.69, 9.17) is 9.84 Å². The maximum absolute atomic E-state index is 8.78. The number of likely N-dealkylation sites (tertiary alicyclic amines) is 1. The van der Waals surface area contributed by atoms with E-state index in [1.54, 1.807) is 0 Å². The number of anilines is 1. The Labute approximate surface area is 127 Å². The second kappa shape index (κ2) is 8.97. The Bertz CT molecular complexity index is 406. The van der Waals surface area contributed by atoms with Crippen LogP contribution in [0.15, 0.2) is 18.3 Å². The highest BCUT2D eigenvalue weighted by atomic mass is 16.5. The van der Waals surface area contributed by atoms with E-state index < -0.39 is 0 Å². The molecule has 0 spiro atoms. The fraction of sp³-hybridized carbons (Fsp3) is 0.688. The van der Waals surface area contributed by atoms with Crippen molar-refractivity contribution in [1.29, 1.82) is 0 Å². The Hall–Kier alpha value is -1.17. The van der Waals surface area contributed by atoms with E-state index in [9.17, 15) is 0 Å². The second-order valence-corrected chi connectivity index (χ2v) is 5.53. The smallest absolute Gasteiger partial charge is 0.0701 e. The van der Waals surface area contributed by atoms with Gasteiger partial charge in [0.25, 0.3) is 0 Å². The lowest BCUT2D eigenvalue weighted by Gasteiger charge is -2.31. The molecule has 0 unspecified atom stereocenters. The number of nitrogens with zero attached hydrogens (tertiary/aromatic N) is 2. The Balaban J connectivity index is 1.77. The van der Waals surface area contributed by atoms with Crippen molar-refractivity contribution in [3.8, 4) is 0 Å². The highest BCUT2D eigenvalue weighted by Crippen LogP contribution is 2.17. The zero-order valence-electron chi connectivity index (χ0n) is 12.9. The summed E-state index contributed by atoms with van der Waals surface area (Å²) < 4.78 is 5.59. The number of aromatic nitrogens is 1. The third-order valence-electron chi connectivity index (χ3n) is 3.76. The molecule has 5 heteroatoms. The molecule has 0 aromatic carbocycles. The van der Waals surface area contributed by atoms with Crippen LogP contribution in [0.1, 0.15) is 31.9 Å². The predicted octanol–water partition coefficient (Wildman–Crippen LogP) is 1.88. The average molecular weight is 293 g/mol. The van der Waals surface area contributed by atoms with Gasteiger partial charge >= 0.3 is 0 Å². The van der Waals surface area contributed by atoms with Gasteiger partial charge in [0.2, 0.25) is 0 Å². The monoisotopic (exact) mass is 293 g/mol. The summed E-state index contributed by atoms with van der Waals surface area (Å²) in [6, 6.07) is 4.16. The van der Waals surface area contributed by atoms with Gasteiger partial charge in [0.05, 0.1) is 25.0 Å². The number of hydrogen-bond donors (Lipinski definition) is 2. The van der Waals surface area contributed by atoms with Crippen LogP contribution < -0.4 is 5.32 Å². The first kappa shape index (κ1) is 16.2. The van der Waals surface area contributed by atoms with Crippen LogP contribution in [0.2, 0.25) is 0 Å². The van der Waals surface area contributed by atoms with E-state index in [-0.39, 0.29) is 6.61 Å². The molecule has 1 aliphatic heterocycles. The number of ether oxygens (including phenoxy) is 1. The fourth-order valence-electron chi connectivity index (χ4n) is 2.63. The molecule has 0 amide bonds. The molecule has 1 aromatic rings. The lowest BCUT2D eigenvalue weighted by atomic mass is 10.1. The third-order valence-corrected chi connectivity index (χ3v) is 3.76. The largest absolute Gasteiger partial charge is 0.394 e. The average Bonchev–Trinajstić information content (AvgIpc) is 2.53. The third kappa shape index (κ3) is 5.61. The van der Waals surface area contributed by atoms with Crippen LogP contribution in [0.25, 0.3) is 0 Å². The van der Waals surface area contributed by atoms with Crippen LogP contribution >= 0.6 is 0 Å². The zero-order valence-corrected chi connectivity index (χ0v) is 12.9. The van der Waals surface area contributed by atoms with E-state index in [2.05, 4.69) is 28.2 Å². The van der Waals surface area contributed by atoms with Crippen molar-refractivity contribution in [2.45, 2.75) is 38.8 Å². The van der Waals surface area contributed by atoms with Crippen molar-refractivity contribution < 1.29 is 9.84 Å². The molecule has 2 N–H and O–H groups in total. The maximum atomic E-state index is 8.78. The van der Waals surface area contributed by atoms with Gasteiger partial charge in [-0.15, -0.1) is 0 Å². The van der Waals surface area contributed by atoms with Gasteiger partial charge in [0.15, 0.2) is 0 Å². The molecule has 0 atom stereocenters. The van der Waals surface area contributed by atoms with E-state index in [1.165, 1.54) is 0 Å². The summed E-state index contributed by atoms with van der Waals surface area (Å²) in [6.07, 6.45) is 5.38. The molecule has 118 valence electrons. The number of hydrogen-bond acceptors (Lipinski definition) is 5. The first-order valence-corrected chi connectivity index (χ1v) is 7.95. The van der Waals surface area contributed by atoms with Gasteiger partial charge in [0, 0.05) is 38.1 Å². The van der Waals surface area contributed by atoms with Crippen LogP contribution in [0.5, 0.6) is 0 Å². The number of piperidine rings is 1. The summed E-state index contributed by atoms with van der Waals surface area (Å²) in [5.74, 6) is 0. The second-order valence-electron chi connectivity index (χ2n) is 5.53. The minimum atomic E-state index is 0.113. The molecule has 5 nitrogen and oxygen atoms in total. The summed E-state index contributed by atoms with van der Waals surface area (Å²) in [5.41, 5.74) is 2.27. The molecule has 1 fully saturated rings. The summed E-state index contributed by atoms with van der Waals surface area (Å²) in [4.78, 5) is 6.89. The van der Waals surface area contributed by atoms with Gasteiger partial charge in [0.1, 0.15) is 0 Å². The minimum Gasteiger partial charge on any atom is -0.394 e. The van der Waals surface area contributed by atoms with E-state index >= 15 is 0 Å². The number of rotatable bonds is 8. The molecule has 1 saturated heterocycles. The van der Waals surface area contributed by atoms with Crippen molar-refractivity contribution in [2.75, 3.05) is 38.2 Å². The molecular formula is C16H27N3O2. The lowest BCUT2D eigenvalue weighted by molar-refractivity contribution is -0.00918. The molecule has 1 aromatic heterocycles. The summed E-state index contributed by atoms with van der Waals surface area (Å²) in [5, 5.41) is 12.2. The van der Waals surface area contributed by atoms with Gasteiger partial charge in [-0.25, -0.2) is 0 Å². The van der Waals surface area contributed by atoms with Crippen molar-refractivity contribution in [1.82, 2.24) is 9.88 Å². The van der Waals surface area contributed by atoms with Crippen LogP contribution in [0.4, 0.5) is 5.69 Å². The van der Waals surface area contributed by atoms with Crippen molar-refractivity contribution in [3.63, 3.8) is 0 Å². The number of aliphatic hydroxyl groups excluding tert-OH is 1. The normalized spacial score (nSPS) is 17.0. The van der Waals surface area contributed by atoms with Gasteiger partial charge in [-0.1, -0.05) is 6.92 Å². The molecule has 0 aliphatic carbocycles. The van der Waals surface area contributed by atoms with Gasteiger partial charge in [-0.2, -0.15) is 0 Å². The zero-order chi connectivity index (χ0) is 14.9. The van der Waals surface area contributed by atoms with Crippen LogP contribution in [0.3, 0.4) is 0 Å². The van der Waals surface area contributed by atoms with Crippen LogP contribution in [-0.4, -0.2) is 53.9 Å². The molecule has 0 radical (unpaired) electrons. The quantitative estimate of drug-likeness (QED) is 0.766. The predicted molar refractivity (Wildman–Crippen MR) is 84.4 cm³/mol. The molecule has 21 heavy (non-hydrogen) atoms. The summed E-state index contributed by atoms with van der Waals surface area (Å²) >= 11 is 0. The summed E-state index contributed by atoms with van der Waals surface area (Å²) in [6.45, 7) is 6.69. The van der Waals surface area contributed by atoms with Crippen LogP contribution in [0, 0.1) is 0 Å². The molecule has 2 rings (SSSR count). The Kier molecular flexibility index (Phi) is 6.92. The van der Waals surface area contributed by atoms with Crippen molar-refractivity contribution >= 4 is 5.69 Å². The maximum Gasteiger partial charge on any atom is 0.0701 e. The number of nitrogens with one attached hydrogen (secondary N) is 1. The van der Waals surface area contributed by atoms with Crippen molar-refractivity contribution in [2.24, 2.45) is 0 Å². The topological polar surface area (TPSA) is 57.6 Å². The van der Waals surface area contributed by atoms with Gasteiger partial charge in [-0.3, -0.25) is 9.88 Å². The molecular weight excluding hydrogens is 266 g/mol. The Morgan fingerprint density at radius 2 is 2.24 bits per heavy atom. The molecule has 0 saturated carbocycles. The fourth-order valence-corrected chi connectivity index (χ4v) is 2.63. The highest BCUT2D eigenvalue weighted by molar-refractivity contribution is 5.43. The van der Waals surface area contributed by atoms with Gasteiger partial charge in [-0.05, 0) is 31.4 Å². The van der Waals surface area contributed by atoms with Crippen LogP contribution in [-0.2, 0) is 11.3 Å². The molecule has 0 bridgehead atoms. The van der Waals surface area contributed by atoms with Crippen molar-refractivity contribution in [3.05, 3.63) is 24.0 Å². The van der Waals surface area contributed by atoms with E-state index in [0.717, 1.165) is 56.8 Å². The summed E-state index contributed by atoms with van der Waals surface area (Å²) in [7, 11) is 0. The highest BCUT2D eigenvalue weighted by Gasteiger charge is 2.19. The lowest BCUT2D eigenvalue weighted by Crippen LogP contribution is -2.37. The Morgan fingerprint density at radius 1 is 1.43 bits per heavy atom. The minimum absolute atomic E-state index is 0.113. The van der Waals surface area contributed by atoms with Gasteiger partial charge < -0.3 is 15.2 Å².